The number of rotatable bonds is 1. The first-order chi connectivity index (χ1) is 10.3. The van der Waals surface area contributed by atoms with Crippen molar-refractivity contribution >= 4 is 21.7 Å². The van der Waals surface area contributed by atoms with E-state index in [0.717, 1.165) is 28.4 Å². The molecule has 110 valence electrons. The number of hydrogen-bond donors (Lipinski definition) is 1. The van der Waals surface area contributed by atoms with Crippen LogP contribution in [0.1, 0.15) is 37.3 Å². The van der Waals surface area contributed by atoms with Crippen molar-refractivity contribution in [2.75, 3.05) is 11.9 Å². The van der Waals surface area contributed by atoms with Gasteiger partial charge in [-0.25, -0.2) is 4.68 Å². The van der Waals surface area contributed by atoms with Crippen LogP contribution in [-0.4, -0.2) is 16.3 Å². The number of anilines is 1. The fourth-order valence-corrected chi connectivity index (χ4v) is 4.41. The molecule has 0 bridgehead atoms. The van der Waals surface area contributed by atoms with E-state index >= 15 is 0 Å². The van der Waals surface area contributed by atoms with Gasteiger partial charge >= 0.3 is 0 Å². The number of nitrogens with zero attached hydrogens (tertiary/aromatic N) is 2. The van der Waals surface area contributed by atoms with Gasteiger partial charge in [0, 0.05) is 12.1 Å². The minimum Gasteiger partial charge on any atom is -0.369 e. The van der Waals surface area contributed by atoms with Crippen LogP contribution in [0, 0.1) is 12.8 Å². The smallest absolute Gasteiger partial charge is 0.139 e. The van der Waals surface area contributed by atoms with Crippen LogP contribution in [0.3, 0.4) is 0 Å². The van der Waals surface area contributed by atoms with Crippen LogP contribution >= 0.6 is 15.9 Å². The Morgan fingerprint density at radius 3 is 2.90 bits per heavy atom. The van der Waals surface area contributed by atoms with E-state index in [9.17, 15) is 0 Å². The number of fused-ring (bicyclic) bond motifs is 3. The maximum Gasteiger partial charge on any atom is 0.139 e. The van der Waals surface area contributed by atoms with Crippen molar-refractivity contribution in [3.8, 4) is 11.3 Å². The van der Waals surface area contributed by atoms with E-state index in [4.69, 9.17) is 5.10 Å². The Bertz CT molecular complexity index is 677. The molecule has 2 unspecified atom stereocenters. The highest BCUT2D eigenvalue weighted by Gasteiger charge is 2.34. The van der Waals surface area contributed by atoms with E-state index in [1.165, 1.54) is 36.8 Å². The van der Waals surface area contributed by atoms with Gasteiger partial charge in [0.2, 0.25) is 0 Å². The molecule has 4 heteroatoms. The second kappa shape index (κ2) is 5.16. The van der Waals surface area contributed by atoms with Crippen molar-refractivity contribution in [2.24, 2.45) is 5.92 Å². The highest BCUT2D eigenvalue weighted by Crippen LogP contribution is 2.44. The summed E-state index contributed by atoms with van der Waals surface area (Å²) in [7, 11) is 0. The molecule has 3 nitrogen and oxygen atoms in total. The highest BCUT2D eigenvalue weighted by atomic mass is 79.9. The molecule has 1 aromatic heterocycles. The summed E-state index contributed by atoms with van der Waals surface area (Å²) in [5, 5.41) is 8.57. The zero-order valence-corrected chi connectivity index (χ0v) is 13.9. The summed E-state index contributed by atoms with van der Waals surface area (Å²) in [4.78, 5) is 0. The van der Waals surface area contributed by atoms with Gasteiger partial charge in [0.15, 0.2) is 0 Å². The highest BCUT2D eigenvalue weighted by molar-refractivity contribution is 9.10. The van der Waals surface area contributed by atoms with Gasteiger partial charge in [-0.3, -0.25) is 0 Å². The fraction of sp³-hybridized carbons (Fsp3) is 0.471. The molecule has 1 N–H and O–H groups in total. The third kappa shape index (κ3) is 2.11. The van der Waals surface area contributed by atoms with Crippen molar-refractivity contribution in [3.05, 3.63) is 34.3 Å². The molecule has 1 fully saturated rings. The van der Waals surface area contributed by atoms with Gasteiger partial charge in [-0.2, -0.15) is 5.10 Å². The molecule has 0 saturated heterocycles. The molecule has 0 amide bonds. The van der Waals surface area contributed by atoms with Crippen molar-refractivity contribution in [1.82, 2.24) is 9.78 Å². The molecule has 1 aliphatic carbocycles. The lowest BCUT2D eigenvalue weighted by Gasteiger charge is -2.37. The summed E-state index contributed by atoms with van der Waals surface area (Å²) in [6.45, 7) is 3.24. The molecule has 1 aromatic carbocycles. The van der Waals surface area contributed by atoms with Gasteiger partial charge in [0.05, 0.1) is 10.5 Å². The minimum absolute atomic E-state index is 0.573. The van der Waals surface area contributed by atoms with Gasteiger partial charge in [-0.15, -0.1) is 0 Å². The molecule has 21 heavy (non-hydrogen) atoms. The number of aryl methyl sites for hydroxylation is 1. The summed E-state index contributed by atoms with van der Waals surface area (Å²) in [6.07, 6.45) is 5.29. The van der Waals surface area contributed by atoms with E-state index in [1.807, 2.05) is 0 Å². The second-order valence-electron chi connectivity index (χ2n) is 6.26. The number of hydrogen-bond acceptors (Lipinski definition) is 2. The molecule has 1 aliphatic heterocycles. The molecule has 2 aromatic rings. The van der Waals surface area contributed by atoms with Gasteiger partial charge in [0.25, 0.3) is 0 Å². The van der Waals surface area contributed by atoms with Crippen LogP contribution in [0.15, 0.2) is 28.7 Å². The minimum atomic E-state index is 0.573. The van der Waals surface area contributed by atoms with Crippen LogP contribution in [0.25, 0.3) is 11.3 Å². The maximum absolute atomic E-state index is 4.97. The Balaban J connectivity index is 1.82. The number of benzene rings is 1. The van der Waals surface area contributed by atoms with Crippen LogP contribution in [-0.2, 0) is 0 Å². The fourth-order valence-electron chi connectivity index (χ4n) is 3.80. The third-order valence-corrected chi connectivity index (χ3v) is 5.72. The summed E-state index contributed by atoms with van der Waals surface area (Å²) in [5.41, 5.74) is 3.57. The molecule has 1 saturated carbocycles. The van der Waals surface area contributed by atoms with E-state index in [1.54, 1.807) is 0 Å². The van der Waals surface area contributed by atoms with E-state index in [0.29, 0.717) is 6.04 Å². The first-order valence-corrected chi connectivity index (χ1v) is 8.63. The molecular weight excluding hydrogens is 326 g/mol. The standard InChI is InChI=1S/C17H20BrN3/c1-11-6-2-4-8-13(11)16-15(18)17-19-10-12-7-3-5-9-14(12)21(17)20-16/h2,4,6,8,12,14,19H,3,5,7,9-10H2,1H3. The summed E-state index contributed by atoms with van der Waals surface area (Å²) < 4.78 is 3.36. The largest absolute Gasteiger partial charge is 0.369 e. The molecule has 2 heterocycles. The number of halogens is 1. The lowest BCUT2D eigenvalue weighted by Crippen LogP contribution is -2.35. The first-order valence-electron chi connectivity index (χ1n) is 7.83. The normalized spacial score (nSPS) is 24.1. The van der Waals surface area contributed by atoms with Gasteiger partial charge in [-0.1, -0.05) is 37.1 Å². The van der Waals surface area contributed by atoms with E-state index in [2.05, 4.69) is 57.1 Å². The van der Waals surface area contributed by atoms with Crippen molar-refractivity contribution in [2.45, 2.75) is 38.6 Å². The Hall–Kier alpha value is -1.29. The molecule has 4 rings (SSSR count). The lowest BCUT2D eigenvalue weighted by molar-refractivity contribution is 0.222. The molecule has 2 atom stereocenters. The van der Waals surface area contributed by atoms with Gasteiger partial charge in [-0.05, 0) is 47.2 Å². The Labute approximate surface area is 133 Å². The summed E-state index contributed by atoms with van der Waals surface area (Å²) in [6, 6.07) is 9.05. The first kappa shape index (κ1) is 13.4. The van der Waals surface area contributed by atoms with Crippen LogP contribution in [0.4, 0.5) is 5.82 Å². The Kier molecular flexibility index (Phi) is 3.29. The second-order valence-corrected chi connectivity index (χ2v) is 7.06. The van der Waals surface area contributed by atoms with Gasteiger partial charge in [0.1, 0.15) is 11.5 Å². The van der Waals surface area contributed by atoms with Crippen molar-refractivity contribution < 1.29 is 0 Å². The van der Waals surface area contributed by atoms with Crippen LogP contribution < -0.4 is 5.32 Å². The van der Waals surface area contributed by atoms with Crippen molar-refractivity contribution in [3.63, 3.8) is 0 Å². The zero-order valence-electron chi connectivity index (χ0n) is 12.3. The van der Waals surface area contributed by atoms with E-state index in [-0.39, 0.29) is 0 Å². The predicted octanol–water partition coefficient (Wildman–Crippen LogP) is 4.78. The van der Waals surface area contributed by atoms with Crippen LogP contribution in [0.5, 0.6) is 0 Å². The van der Waals surface area contributed by atoms with Crippen LogP contribution in [0.2, 0.25) is 0 Å². The quantitative estimate of drug-likeness (QED) is 0.805. The Morgan fingerprint density at radius 2 is 2.05 bits per heavy atom. The molecule has 0 radical (unpaired) electrons. The number of nitrogens with one attached hydrogen (secondary N) is 1. The SMILES string of the molecule is Cc1ccccc1-c1nn2c(c1Br)NCC1CCCCC12. The molecule has 0 spiro atoms. The summed E-state index contributed by atoms with van der Waals surface area (Å²) in [5.74, 6) is 1.90. The maximum atomic E-state index is 4.97. The monoisotopic (exact) mass is 345 g/mol. The third-order valence-electron chi connectivity index (χ3n) is 4.97. The van der Waals surface area contributed by atoms with Gasteiger partial charge < -0.3 is 5.32 Å². The van der Waals surface area contributed by atoms with E-state index < -0.39 is 0 Å². The molecule has 2 aliphatic rings. The topological polar surface area (TPSA) is 29.9 Å². The zero-order chi connectivity index (χ0) is 14.4. The Morgan fingerprint density at radius 1 is 1.24 bits per heavy atom. The number of aromatic nitrogens is 2. The average molecular weight is 346 g/mol. The predicted molar refractivity (Wildman–Crippen MR) is 89.6 cm³/mol. The lowest BCUT2D eigenvalue weighted by atomic mass is 9.83. The van der Waals surface area contributed by atoms with Crippen molar-refractivity contribution in [1.29, 1.82) is 0 Å². The average Bonchev–Trinajstić information content (AvgIpc) is 2.85. The molecular formula is C17H20BrN3. The summed E-state index contributed by atoms with van der Waals surface area (Å²) >= 11 is 3.78.